The van der Waals surface area contributed by atoms with Gasteiger partial charge in [-0.1, -0.05) is 12.1 Å². The summed E-state index contributed by atoms with van der Waals surface area (Å²) in [5.41, 5.74) is 10.2. The smallest absolute Gasteiger partial charge is 0.267 e. The molecule has 1 aromatic carbocycles. The Morgan fingerprint density at radius 1 is 1.19 bits per heavy atom. The van der Waals surface area contributed by atoms with Crippen molar-refractivity contribution in [3.63, 3.8) is 0 Å². The van der Waals surface area contributed by atoms with E-state index in [4.69, 9.17) is 10.7 Å². The molecule has 4 rings (SSSR count). The van der Waals surface area contributed by atoms with Crippen LogP contribution in [0.4, 0.5) is 11.4 Å². The van der Waals surface area contributed by atoms with Crippen LogP contribution in [0, 0.1) is 0 Å². The zero-order chi connectivity index (χ0) is 18.3. The first-order valence-corrected chi connectivity index (χ1v) is 9.47. The average molecular weight is 365 g/mol. The number of aryl methyl sites for hydroxylation is 2. The maximum absolute atomic E-state index is 12.7. The first-order valence-electron chi connectivity index (χ1n) is 8.66. The number of ketones is 1. The van der Waals surface area contributed by atoms with E-state index in [9.17, 15) is 9.59 Å². The SMILES string of the molecule is CC(=O)c1cccc(NC(=O)c2sc3nc4c(cc3c2N)CCCC4)c1. The van der Waals surface area contributed by atoms with E-state index in [1.54, 1.807) is 24.3 Å². The van der Waals surface area contributed by atoms with Crippen LogP contribution < -0.4 is 11.1 Å². The summed E-state index contributed by atoms with van der Waals surface area (Å²) in [6, 6.07) is 8.98. The molecule has 0 radical (unpaired) electrons. The van der Waals surface area contributed by atoms with Crippen LogP contribution in [-0.2, 0) is 12.8 Å². The van der Waals surface area contributed by atoms with E-state index < -0.39 is 0 Å². The molecule has 3 N–H and O–H groups in total. The molecule has 1 amide bonds. The highest BCUT2D eigenvalue weighted by molar-refractivity contribution is 7.21. The number of carbonyl (C=O) groups excluding carboxylic acids is 2. The van der Waals surface area contributed by atoms with E-state index in [0.29, 0.717) is 21.8 Å². The highest BCUT2D eigenvalue weighted by Crippen LogP contribution is 2.35. The molecular weight excluding hydrogens is 346 g/mol. The summed E-state index contributed by atoms with van der Waals surface area (Å²) in [5, 5.41) is 3.70. The highest BCUT2D eigenvalue weighted by Gasteiger charge is 2.20. The molecule has 3 aromatic rings. The molecule has 1 aliphatic rings. The zero-order valence-electron chi connectivity index (χ0n) is 14.5. The lowest BCUT2D eigenvalue weighted by atomic mass is 9.95. The molecule has 6 heteroatoms. The molecule has 1 aliphatic carbocycles. The second kappa shape index (κ2) is 6.53. The minimum absolute atomic E-state index is 0.0442. The van der Waals surface area contributed by atoms with Crippen molar-refractivity contribution >= 4 is 44.6 Å². The zero-order valence-corrected chi connectivity index (χ0v) is 15.3. The van der Waals surface area contributed by atoms with E-state index in [1.165, 1.54) is 30.2 Å². The van der Waals surface area contributed by atoms with Crippen LogP contribution >= 0.6 is 11.3 Å². The van der Waals surface area contributed by atoms with E-state index in [-0.39, 0.29) is 11.7 Å². The molecule has 2 aromatic heterocycles. The van der Waals surface area contributed by atoms with Crippen molar-refractivity contribution in [1.82, 2.24) is 4.98 Å². The second-order valence-corrected chi connectivity index (χ2v) is 7.59. The summed E-state index contributed by atoms with van der Waals surface area (Å²) in [4.78, 5) is 30.2. The van der Waals surface area contributed by atoms with Gasteiger partial charge in [-0.05, 0) is 56.4 Å². The van der Waals surface area contributed by atoms with Gasteiger partial charge in [-0.15, -0.1) is 11.3 Å². The fourth-order valence-corrected chi connectivity index (χ4v) is 4.32. The van der Waals surface area contributed by atoms with Crippen molar-refractivity contribution in [3.05, 3.63) is 52.0 Å². The van der Waals surface area contributed by atoms with Crippen LogP contribution in [0.15, 0.2) is 30.3 Å². The number of Topliss-reactive ketones (excluding diaryl/α,β-unsaturated/α-hetero) is 1. The number of benzene rings is 1. The molecule has 0 spiro atoms. The van der Waals surface area contributed by atoms with Crippen molar-refractivity contribution in [2.24, 2.45) is 0 Å². The molecule has 26 heavy (non-hydrogen) atoms. The van der Waals surface area contributed by atoms with Gasteiger partial charge in [0.25, 0.3) is 5.91 Å². The van der Waals surface area contributed by atoms with Gasteiger partial charge in [0.2, 0.25) is 0 Å². The Hall–Kier alpha value is -2.73. The first-order chi connectivity index (χ1) is 12.5. The van der Waals surface area contributed by atoms with Crippen molar-refractivity contribution in [2.75, 3.05) is 11.1 Å². The molecule has 0 saturated heterocycles. The van der Waals surface area contributed by atoms with Gasteiger partial charge in [0.1, 0.15) is 9.71 Å². The lowest BCUT2D eigenvalue weighted by Crippen LogP contribution is -2.12. The van der Waals surface area contributed by atoms with Gasteiger partial charge in [0.15, 0.2) is 5.78 Å². The second-order valence-electron chi connectivity index (χ2n) is 6.59. The molecule has 0 aliphatic heterocycles. The van der Waals surface area contributed by atoms with Gasteiger partial charge >= 0.3 is 0 Å². The van der Waals surface area contributed by atoms with Gasteiger partial charge in [-0.3, -0.25) is 9.59 Å². The average Bonchev–Trinajstić information content (AvgIpc) is 2.96. The fraction of sp³-hybridized carbons (Fsp3) is 0.250. The number of hydrogen-bond donors (Lipinski definition) is 2. The predicted octanol–water partition coefficient (Wildman–Crippen LogP) is 4.21. The van der Waals surface area contributed by atoms with Crippen LogP contribution in [0.3, 0.4) is 0 Å². The highest BCUT2D eigenvalue weighted by atomic mass is 32.1. The lowest BCUT2D eigenvalue weighted by Gasteiger charge is -2.14. The van der Waals surface area contributed by atoms with Crippen LogP contribution in [0.5, 0.6) is 0 Å². The van der Waals surface area contributed by atoms with Crippen LogP contribution in [0.25, 0.3) is 10.2 Å². The Bertz CT molecular complexity index is 1040. The van der Waals surface area contributed by atoms with Gasteiger partial charge in [0.05, 0.1) is 5.69 Å². The van der Waals surface area contributed by atoms with E-state index in [0.717, 1.165) is 35.2 Å². The summed E-state index contributed by atoms with van der Waals surface area (Å²) >= 11 is 1.32. The fourth-order valence-electron chi connectivity index (χ4n) is 3.33. The lowest BCUT2D eigenvalue weighted by molar-refractivity contribution is 0.101. The molecule has 0 fully saturated rings. The number of nitrogens with one attached hydrogen (secondary N) is 1. The summed E-state index contributed by atoms with van der Waals surface area (Å²) < 4.78 is 0. The van der Waals surface area contributed by atoms with Gasteiger partial charge in [-0.25, -0.2) is 4.98 Å². The number of nitrogens with zero attached hydrogens (tertiary/aromatic N) is 1. The molecule has 2 heterocycles. The predicted molar refractivity (Wildman–Crippen MR) is 105 cm³/mol. The van der Waals surface area contributed by atoms with Gasteiger partial charge in [0, 0.05) is 22.3 Å². The van der Waals surface area contributed by atoms with Crippen LogP contribution in [-0.4, -0.2) is 16.7 Å². The topological polar surface area (TPSA) is 85.1 Å². The maximum Gasteiger partial charge on any atom is 0.267 e. The number of aromatic nitrogens is 1. The quantitative estimate of drug-likeness (QED) is 0.681. The van der Waals surface area contributed by atoms with Crippen molar-refractivity contribution in [3.8, 4) is 0 Å². The van der Waals surface area contributed by atoms with E-state index >= 15 is 0 Å². The maximum atomic E-state index is 12.7. The number of rotatable bonds is 3. The standard InChI is InChI=1S/C20H19N3O2S/c1-11(24)12-6-4-7-14(9-12)22-19(25)18-17(21)15-10-13-5-2-3-8-16(13)23-20(15)26-18/h4,6-7,9-10H,2-3,5,8,21H2,1H3,(H,22,25). The Balaban J connectivity index is 1.67. The minimum Gasteiger partial charge on any atom is -0.397 e. The number of hydrogen-bond acceptors (Lipinski definition) is 5. The van der Waals surface area contributed by atoms with Crippen molar-refractivity contribution < 1.29 is 9.59 Å². The van der Waals surface area contributed by atoms with Gasteiger partial charge < -0.3 is 11.1 Å². The monoisotopic (exact) mass is 365 g/mol. The molecule has 5 nitrogen and oxygen atoms in total. The Morgan fingerprint density at radius 2 is 2.00 bits per heavy atom. The number of nitrogen functional groups attached to an aromatic ring is 1. The largest absolute Gasteiger partial charge is 0.397 e. The molecule has 0 saturated carbocycles. The third kappa shape index (κ3) is 2.97. The summed E-state index contributed by atoms with van der Waals surface area (Å²) in [6.07, 6.45) is 4.34. The third-order valence-corrected chi connectivity index (χ3v) is 5.85. The number of thiophene rings is 1. The summed E-state index contributed by atoms with van der Waals surface area (Å²) in [7, 11) is 0. The molecular formula is C20H19N3O2S. The molecule has 132 valence electrons. The van der Waals surface area contributed by atoms with E-state index in [2.05, 4.69) is 11.4 Å². The van der Waals surface area contributed by atoms with Crippen LogP contribution in [0.1, 0.15) is 51.1 Å². The number of nitrogens with two attached hydrogens (primary N) is 1. The third-order valence-electron chi connectivity index (χ3n) is 4.73. The minimum atomic E-state index is -0.274. The van der Waals surface area contributed by atoms with Crippen molar-refractivity contribution in [2.45, 2.75) is 32.6 Å². The number of pyridine rings is 1. The number of fused-ring (bicyclic) bond motifs is 2. The molecule has 0 atom stereocenters. The Kier molecular flexibility index (Phi) is 4.20. The van der Waals surface area contributed by atoms with E-state index in [1.807, 2.05) is 0 Å². The Labute approximate surface area is 155 Å². The van der Waals surface area contributed by atoms with Crippen LogP contribution in [0.2, 0.25) is 0 Å². The normalized spacial score (nSPS) is 13.4. The summed E-state index contributed by atoms with van der Waals surface area (Å²) in [6.45, 7) is 1.50. The Morgan fingerprint density at radius 3 is 2.81 bits per heavy atom. The summed E-state index contributed by atoms with van der Waals surface area (Å²) in [5.74, 6) is -0.318. The first kappa shape index (κ1) is 16.7. The van der Waals surface area contributed by atoms with Crippen molar-refractivity contribution in [1.29, 1.82) is 0 Å². The van der Waals surface area contributed by atoms with Gasteiger partial charge in [-0.2, -0.15) is 0 Å². The molecule has 0 bridgehead atoms. The number of amides is 1. The number of anilines is 2. The molecule has 0 unspecified atom stereocenters. The number of carbonyl (C=O) groups is 2.